The van der Waals surface area contributed by atoms with E-state index in [-0.39, 0.29) is 5.97 Å². The van der Waals surface area contributed by atoms with Crippen LogP contribution in [0.3, 0.4) is 0 Å². The number of allylic oxidation sites excluding steroid dienone is 2. The molecule has 0 rings (SSSR count). The zero-order valence-corrected chi connectivity index (χ0v) is 9.50. The number of ether oxygens (including phenoxy) is 1. The maximum atomic E-state index is 10.7. The van der Waals surface area contributed by atoms with Gasteiger partial charge in [-0.05, 0) is 23.8 Å². The molecule has 2 nitrogen and oxygen atoms in total. The lowest BCUT2D eigenvalue weighted by Crippen LogP contribution is -1.95. The Kier molecular flexibility index (Phi) is 7.14. The Morgan fingerprint density at radius 2 is 2.25 bits per heavy atom. The Morgan fingerprint density at radius 3 is 2.75 bits per heavy atom. The van der Waals surface area contributed by atoms with Crippen LogP contribution in [-0.4, -0.2) is 13.1 Å². The number of halogens is 1. The number of carbonyl (C=O) groups excluding carboxylic acids is 1. The summed E-state index contributed by atoms with van der Waals surface area (Å²) in [5.74, 6) is -0.272. The number of hydrogen-bond acceptors (Lipinski definition) is 2. The molecule has 0 N–H and O–H groups in total. The number of hydrogen-bond donors (Lipinski definition) is 0. The van der Waals surface area contributed by atoms with Gasteiger partial charge < -0.3 is 4.74 Å². The van der Waals surface area contributed by atoms with E-state index in [2.05, 4.69) is 33.4 Å². The zero-order valence-electron chi connectivity index (χ0n) is 7.34. The van der Waals surface area contributed by atoms with Crippen LogP contribution in [-0.2, 0) is 9.53 Å². The highest BCUT2D eigenvalue weighted by atomic mass is 127. The third-order valence-electron chi connectivity index (χ3n) is 1.36. The Morgan fingerprint density at radius 1 is 1.58 bits per heavy atom. The number of methoxy groups -OCH3 is 1. The van der Waals surface area contributed by atoms with Gasteiger partial charge in [0, 0.05) is 6.08 Å². The van der Waals surface area contributed by atoms with Crippen LogP contribution in [0.15, 0.2) is 21.8 Å². The van der Waals surface area contributed by atoms with Crippen LogP contribution >= 0.6 is 22.6 Å². The summed E-state index contributed by atoms with van der Waals surface area (Å²) in [5.41, 5.74) is 1.05. The minimum atomic E-state index is -0.272. The van der Waals surface area contributed by atoms with Crippen LogP contribution in [0.2, 0.25) is 0 Å². The van der Waals surface area contributed by atoms with Crippen LogP contribution in [0.4, 0.5) is 0 Å². The molecule has 0 aliphatic heterocycles. The Hall–Kier alpha value is -0.320. The molecule has 12 heavy (non-hydrogen) atoms. The molecular formula is C9H13IO2. The van der Waals surface area contributed by atoms with Gasteiger partial charge in [-0.1, -0.05) is 34.2 Å². The monoisotopic (exact) mass is 280 g/mol. The molecular weight excluding hydrogens is 267 g/mol. The van der Waals surface area contributed by atoms with Gasteiger partial charge in [0.1, 0.15) is 0 Å². The van der Waals surface area contributed by atoms with Gasteiger partial charge in [-0.25, -0.2) is 4.79 Å². The van der Waals surface area contributed by atoms with Crippen molar-refractivity contribution in [2.75, 3.05) is 7.11 Å². The molecule has 0 bridgehead atoms. The largest absolute Gasteiger partial charge is 0.466 e. The lowest BCUT2D eigenvalue weighted by Gasteiger charge is -1.96. The van der Waals surface area contributed by atoms with E-state index in [1.165, 1.54) is 13.2 Å². The molecule has 68 valence electrons. The van der Waals surface area contributed by atoms with E-state index in [0.717, 1.165) is 18.4 Å². The van der Waals surface area contributed by atoms with Gasteiger partial charge in [-0.3, -0.25) is 0 Å². The van der Waals surface area contributed by atoms with Crippen molar-refractivity contribution in [2.45, 2.75) is 19.8 Å². The van der Waals surface area contributed by atoms with Gasteiger partial charge in [0.05, 0.1) is 7.11 Å². The molecule has 0 spiro atoms. The van der Waals surface area contributed by atoms with E-state index in [1.54, 1.807) is 0 Å². The van der Waals surface area contributed by atoms with E-state index < -0.39 is 0 Å². The molecule has 0 aliphatic carbocycles. The predicted molar refractivity (Wildman–Crippen MR) is 58.2 cm³/mol. The molecule has 3 heteroatoms. The van der Waals surface area contributed by atoms with Crippen molar-refractivity contribution in [3.05, 3.63) is 21.8 Å². The van der Waals surface area contributed by atoms with Crippen molar-refractivity contribution in [3.8, 4) is 0 Å². The lowest BCUT2D eigenvalue weighted by molar-refractivity contribution is -0.134. The number of esters is 1. The number of carbonyl (C=O) groups is 1. The first-order valence-electron chi connectivity index (χ1n) is 3.71. The highest BCUT2D eigenvalue weighted by Gasteiger charge is 1.94. The first-order chi connectivity index (χ1) is 5.70. The molecule has 0 atom stereocenters. The first kappa shape index (κ1) is 11.7. The van der Waals surface area contributed by atoms with Gasteiger partial charge >= 0.3 is 5.97 Å². The summed E-state index contributed by atoms with van der Waals surface area (Å²) < 4.78 is 6.47. The minimum absolute atomic E-state index is 0.272. The molecule has 0 aliphatic rings. The molecule has 0 unspecified atom stereocenters. The molecule has 0 saturated carbocycles. The Labute approximate surface area is 86.8 Å². The van der Waals surface area contributed by atoms with Gasteiger partial charge in [-0.2, -0.15) is 0 Å². The summed E-state index contributed by atoms with van der Waals surface area (Å²) in [6.07, 6.45) is 5.48. The molecule has 0 aromatic carbocycles. The quantitative estimate of drug-likeness (QED) is 0.449. The van der Waals surface area contributed by atoms with Gasteiger partial charge in [-0.15, -0.1) is 0 Å². The van der Waals surface area contributed by atoms with Crippen molar-refractivity contribution in [1.82, 2.24) is 0 Å². The molecule has 0 fully saturated rings. The van der Waals surface area contributed by atoms with E-state index in [0.29, 0.717) is 0 Å². The second kappa shape index (κ2) is 7.34. The SMILES string of the molecule is COC(=O)/C=C(/C)CC/C=C/I. The second-order valence-corrected chi connectivity index (χ2v) is 3.13. The van der Waals surface area contributed by atoms with E-state index in [1.807, 2.05) is 11.0 Å². The molecule has 0 saturated heterocycles. The normalized spacial score (nSPS) is 12.1. The summed E-state index contributed by atoms with van der Waals surface area (Å²) in [5, 5.41) is 0. The standard InChI is InChI=1S/C9H13IO2/c1-8(5-3-4-6-10)7-9(11)12-2/h4,6-7H,3,5H2,1-2H3/b6-4+,8-7-. The lowest BCUT2D eigenvalue weighted by atomic mass is 10.1. The van der Waals surface area contributed by atoms with Gasteiger partial charge in [0.2, 0.25) is 0 Å². The second-order valence-electron chi connectivity index (χ2n) is 2.41. The maximum absolute atomic E-state index is 10.7. The van der Waals surface area contributed by atoms with Crippen LogP contribution in [0.25, 0.3) is 0 Å². The summed E-state index contributed by atoms with van der Waals surface area (Å²) in [4.78, 5) is 10.7. The van der Waals surface area contributed by atoms with E-state index >= 15 is 0 Å². The molecule has 0 amide bonds. The summed E-state index contributed by atoms with van der Waals surface area (Å²) >= 11 is 2.18. The zero-order chi connectivity index (χ0) is 9.40. The van der Waals surface area contributed by atoms with E-state index in [4.69, 9.17) is 0 Å². The van der Waals surface area contributed by atoms with Gasteiger partial charge in [0.15, 0.2) is 0 Å². The fourth-order valence-electron chi connectivity index (χ4n) is 0.706. The molecule has 0 radical (unpaired) electrons. The minimum Gasteiger partial charge on any atom is -0.466 e. The van der Waals surface area contributed by atoms with Crippen molar-refractivity contribution >= 4 is 28.6 Å². The topological polar surface area (TPSA) is 26.3 Å². The van der Waals surface area contributed by atoms with Crippen LogP contribution < -0.4 is 0 Å². The summed E-state index contributed by atoms with van der Waals surface area (Å²) in [7, 11) is 1.39. The molecule has 0 heterocycles. The highest BCUT2D eigenvalue weighted by Crippen LogP contribution is 2.05. The van der Waals surface area contributed by atoms with Crippen molar-refractivity contribution < 1.29 is 9.53 Å². The van der Waals surface area contributed by atoms with Gasteiger partial charge in [0.25, 0.3) is 0 Å². The summed E-state index contributed by atoms with van der Waals surface area (Å²) in [6.45, 7) is 1.93. The fourth-order valence-corrected chi connectivity index (χ4v) is 1.07. The Balaban J connectivity index is 3.77. The van der Waals surface area contributed by atoms with Crippen LogP contribution in [0.5, 0.6) is 0 Å². The first-order valence-corrected chi connectivity index (χ1v) is 4.95. The average molecular weight is 280 g/mol. The Bertz CT molecular complexity index is 195. The maximum Gasteiger partial charge on any atom is 0.330 e. The van der Waals surface area contributed by atoms with Crippen molar-refractivity contribution in [3.63, 3.8) is 0 Å². The predicted octanol–water partition coefficient (Wildman–Crippen LogP) is 2.83. The van der Waals surface area contributed by atoms with Crippen molar-refractivity contribution in [1.29, 1.82) is 0 Å². The third-order valence-corrected chi connectivity index (χ3v) is 1.87. The van der Waals surface area contributed by atoms with Crippen LogP contribution in [0.1, 0.15) is 19.8 Å². The summed E-state index contributed by atoms with van der Waals surface area (Å²) in [6, 6.07) is 0. The fraction of sp³-hybridized carbons (Fsp3) is 0.444. The smallest absolute Gasteiger partial charge is 0.330 e. The average Bonchev–Trinajstić information content (AvgIpc) is 2.05. The third kappa shape index (κ3) is 6.39. The van der Waals surface area contributed by atoms with Crippen molar-refractivity contribution in [2.24, 2.45) is 0 Å². The number of rotatable bonds is 4. The van der Waals surface area contributed by atoms with E-state index in [9.17, 15) is 4.79 Å². The highest BCUT2D eigenvalue weighted by molar-refractivity contribution is 14.1. The molecule has 0 aromatic rings. The molecule has 0 aromatic heterocycles. The van der Waals surface area contributed by atoms with Crippen LogP contribution in [0, 0.1) is 0 Å².